The van der Waals surface area contributed by atoms with Crippen LogP contribution in [0, 0.1) is 0 Å². The Labute approximate surface area is 107 Å². The van der Waals surface area contributed by atoms with Gasteiger partial charge in [-0.2, -0.15) is 0 Å². The Morgan fingerprint density at radius 3 is 2.88 bits per heavy atom. The van der Waals surface area contributed by atoms with Crippen molar-refractivity contribution in [3.8, 4) is 0 Å². The van der Waals surface area contributed by atoms with Crippen LogP contribution >= 0.6 is 11.3 Å². The fourth-order valence-corrected chi connectivity index (χ4v) is 2.12. The van der Waals surface area contributed by atoms with Crippen LogP contribution in [-0.4, -0.2) is 24.5 Å². The summed E-state index contributed by atoms with van der Waals surface area (Å²) in [4.78, 5) is 8.66. The van der Waals surface area contributed by atoms with E-state index in [9.17, 15) is 0 Å². The summed E-state index contributed by atoms with van der Waals surface area (Å²) in [5.74, 6) is 1.25. The first-order chi connectivity index (χ1) is 8.17. The molecule has 0 saturated heterocycles. The average molecular weight is 252 g/mol. The van der Waals surface area contributed by atoms with Gasteiger partial charge in [0.2, 0.25) is 0 Å². The summed E-state index contributed by atoms with van der Waals surface area (Å²) in [7, 11) is 1.75. The summed E-state index contributed by atoms with van der Waals surface area (Å²) in [5.41, 5.74) is 1.15. The third kappa shape index (κ3) is 4.56. The van der Waals surface area contributed by atoms with E-state index >= 15 is 0 Å². The molecule has 0 bridgehead atoms. The van der Waals surface area contributed by atoms with E-state index in [-0.39, 0.29) is 0 Å². The molecule has 0 aliphatic heterocycles. The molecule has 1 aromatic heterocycles. The van der Waals surface area contributed by atoms with Gasteiger partial charge in [-0.3, -0.25) is 4.99 Å². The molecular formula is C12H20N4S. The van der Waals surface area contributed by atoms with Crippen molar-refractivity contribution in [1.29, 1.82) is 0 Å². The Morgan fingerprint density at radius 2 is 2.35 bits per heavy atom. The average Bonchev–Trinajstić information content (AvgIpc) is 2.78. The lowest BCUT2D eigenvalue weighted by Crippen LogP contribution is -2.36. The molecule has 5 heteroatoms. The molecule has 0 aliphatic rings. The van der Waals surface area contributed by atoms with Crippen molar-refractivity contribution in [3.05, 3.63) is 28.7 Å². The maximum Gasteiger partial charge on any atom is 0.191 e. The van der Waals surface area contributed by atoms with Crippen LogP contribution in [0.25, 0.3) is 0 Å². The molecular weight excluding hydrogens is 232 g/mol. The lowest BCUT2D eigenvalue weighted by atomic mass is 10.2. The zero-order valence-electron chi connectivity index (χ0n) is 10.7. The van der Waals surface area contributed by atoms with E-state index in [0.717, 1.165) is 16.7 Å². The Balaban J connectivity index is 2.45. The third-order valence-corrected chi connectivity index (χ3v) is 3.07. The minimum atomic E-state index is 0.484. The summed E-state index contributed by atoms with van der Waals surface area (Å²) in [6, 6.07) is 0. The number of thiazole rings is 1. The van der Waals surface area contributed by atoms with E-state index in [1.165, 1.54) is 0 Å². The summed E-state index contributed by atoms with van der Waals surface area (Å²) in [6.07, 6.45) is 1.80. The minimum absolute atomic E-state index is 0.484. The summed E-state index contributed by atoms with van der Waals surface area (Å²) >= 11 is 1.68. The highest BCUT2D eigenvalue weighted by Crippen LogP contribution is 2.17. The second-order valence-corrected chi connectivity index (χ2v) is 4.86. The monoisotopic (exact) mass is 252 g/mol. The number of rotatable bonds is 5. The molecule has 17 heavy (non-hydrogen) atoms. The van der Waals surface area contributed by atoms with Gasteiger partial charge in [-0.15, -0.1) is 17.9 Å². The smallest absolute Gasteiger partial charge is 0.191 e. The molecule has 0 unspecified atom stereocenters. The fraction of sp³-hybridized carbons (Fsp3) is 0.500. The van der Waals surface area contributed by atoms with Gasteiger partial charge < -0.3 is 10.6 Å². The lowest BCUT2D eigenvalue weighted by molar-refractivity contribution is 0.798. The molecule has 0 spiro atoms. The topological polar surface area (TPSA) is 49.3 Å². The van der Waals surface area contributed by atoms with E-state index in [4.69, 9.17) is 0 Å². The van der Waals surface area contributed by atoms with Crippen LogP contribution in [0.15, 0.2) is 23.0 Å². The second kappa shape index (κ2) is 7.06. The maximum atomic E-state index is 4.55. The van der Waals surface area contributed by atoms with Crippen molar-refractivity contribution in [2.24, 2.45) is 4.99 Å². The van der Waals surface area contributed by atoms with Gasteiger partial charge in [0.05, 0.1) is 12.2 Å². The lowest BCUT2D eigenvalue weighted by Gasteiger charge is -2.08. The molecule has 0 fully saturated rings. The van der Waals surface area contributed by atoms with Gasteiger partial charge in [0.15, 0.2) is 5.96 Å². The van der Waals surface area contributed by atoms with Crippen molar-refractivity contribution in [2.45, 2.75) is 26.3 Å². The standard InChI is InChI=1S/C12H20N4S/c1-5-6-14-12(13-4)15-7-11-16-10(8-17-11)9(2)3/h5,8-9H,1,6-7H2,2-4H3,(H2,13,14,15). The molecule has 0 amide bonds. The predicted octanol–water partition coefficient (Wildman–Crippen LogP) is 2.12. The van der Waals surface area contributed by atoms with Crippen LogP contribution in [0.4, 0.5) is 0 Å². The van der Waals surface area contributed by atoms with Crippen LogP contribution in [0.5, 0.6) is 0 Å². The summed E-state index contributed by atoms with van der Waals surface area (Å²) in [5, 5.41) is 9.52. The van der Waals surface area contributed by atoms with Gasteiger partial charge in [-0.25, -0.2) is 4.98 Å². The van der Waals surface area contributed by atoms with Crippen LogP contribution < -0.4 is 10.6 Å². The van der Waals surface area contributed by atoms with Crippen molar-refractivity contribution in [1.82, 2.24) is 15.6 Å². The zero-order valence-corrected chi connectivity index (χ0v) is 11.5. The van der Waals surface area contributed by atoms with Crippen LogP contribution in [-0.2, 0) is 6.54 Å². The number of nitrogens with one attached hydrogen (secondary N) is 2. The van der Waals surface area contributed by atoms with Gasteiger partial charge in [0.1, 0.15) is 5.01 Å². The van der Waals surface area contributed by atoms with Crippen molar-refractivity contribution >= 4 is 17.3 Å². The van der Waals surface area contributed by atoms with Crippen LogP contribution in [0.3, 0.4) is 0 Å². The number of aliphatic imine (C=N–C) groups is 1. The van der Waals surface area contributed by atoms with Crippen LogP contribution in [0.2, 0.25) is 0 Å². The Hall–Kier alpha value is -1.36. The molecule has 0 atom stereocenters. The normalized spacial score (nSPS) is 11.6. The SMILES string of the molecule is C=CCNC(=NC)NCc1nc(C(C)C)cs1. The second-order valence-electron chi connectivity index (χ2n) is 3.92. The zero-order chi connectivity index (χ0) is 12.7. The highest BCUT2D eigenvalue weighted by atomic mass is 32.1. The quantitative estimate of drug-likeness (QED) is 0.479. The van der Waals surface area contributed by atoms with E-state index in [0.29, 0.717) is 19.0 Å². The van der Waals surface area contributed by atoms with Gasteiger partial charge in [0.25, 0.3) is 0 Å². The van der Waals surface area contributed by atoms with E-state index < -0.39 is 0 Å². The maximum absolute atomic E-state index is 4.55. The summed E-state index contributed by atoms with van der Waals surface area (Å²) < 4.78 is 0. The molecule has 94 valence electrons. The Bertz CT molecular complexity index is 382. The molecule has 0 aliphatic carbocycles. The number of hydrogen-bond acceptors (Lipinski definition) is 3. The first kappa shape index (κ1) is 13.7. The minimum Gasteiger partial charge on any atom is -0.353 e. The van der Waals surface area contributed by atoms with Gasteiger partial charge >= 0.3 is 0 Å². The highest BCUT2D eigenvalue weighted by Gasteiger charge is 2.05. The van der Waals surface area contributed by atoms with E-state index in [2.05, 4.69) is 46.4 Å². The molecule has 2 N–H and O–H groups in total. The first-order valence-corrected chi connectivity index (χ1v) is 6.55. The molecule has 0 aromatic carbocycles. The first-order valence-electron chi connectivity index (χ1n) is 5.67. The number of hydrogen-bond donors (Lipinski definition) is 2. The molecule has 4 nitrogen and oxygen atoms in total. The van der Waals surface area contributed by atoms with Crippen molar-refractivity contribution in [2.75, 3.05) is 13.6 Å². The Kier molecular flexibility index (Phi) is 5.69. The molecule has 0 saturated carbocycles. The summed E-state index contributed by atoms with van der Waals surface area (Å²) in [6.45, 7) is 9.36. The van der Waals surface area contributed by atoms with Gasteiger partial charge in [-0.1, -0.05) is 19.9 Å². The predicted molar refractivity (Wildman–Crippen MR) is 74.6 cm³/mol. The van der Waals surface area contributed by atoms with E-state index in [1.54, 1.807) is 24.5 Å². The third-order valence-electron chi connectivity index (χ3n) is 2.21. The van der Waals surface area contributed by atoms with Gasteiger partial charge in [0, 0.05) is 19.0 Å². The number of guanidine groups is 1. The largest absolute Gasteiger partial charge is 0.353 e. The molecule has 1 aromatic rings. The van der Waals surface area contributed by atoms with Crippen LogP contribution in [0.1, 0.15) is 30.5 Å². The van der Waals surface area contributed by atoms with E-state index in [1.807, 2.05) is 0 Å². The molecule has 1 rings (SSSR count). The highest BCUT2D eigenvalue weighted by molar-refractivity contribution is 7.09. The van der Waals surface area contributed by atoms with Crippen molar-refractivity contribution in [3.63, 3.8) is 0 Å². The van der Waals surface area contributed by atoms with Gasteiger partial charge in [-0.05, 0) is 5.92 Å². The molecule has 0 radical (unpaired) electrons. The fourth-order valence-electron chi connectivity index (χ4n) is 1.22. The Morgan fingerprint density at radius 1 is 1.59 bits per heavy atom. The molecule has 1 heterocycles. The number of aromatic nitrogens is 1. The number of nitrogens with zero attached hydrogens (tertiary/aromatic N) is 2. The van der Waals surface area contributed by atoms with Crippen molar-refractivity contribution < 1.29 is 0 Å².